The molecule has 58 heavy (non-hydrogen) atoms. The van der Waals surface area contributed by atoms with Gasteiger partial charge in [-0.2, -0.15) is 0 Å². The first-order valence-electron chi connectivity index (χ1n) is 20.4. The Balaban J connectivity index is 1.08. The van der Waals surface area contributed by atoms with Gasteiger partial charge in [0, 0.05) is 13.1 Å². The zero-order chi connectivity index (χ0) is 41.1. The van der Waals surface area contributed by atoms with Crippen LogP contribution in [-0.4, -0.2) is 93.1 Å². The maximum Gasteiger partial charge on any atom is 0.407 e. The molecule has 2 aliphatic heterocycles. The van der Waals surface area contributed by atoms with Crippen LogP contribution in [0.15, 0.2) is 60.7 Å². The summed E-state index contributed by atoms with van der Waals surface area (Å²) in [5.41, 5.74) is 7.61. The number of aromatic nitrogens is 4. The highest BCUT2D eigenvalue weighted by molar-refractivity contribution is 5.88. The van der Waals surface area contributed by atoms with Crippen LogP contribution < -0.4 is 10.6 Å². The predicted octanol–water partition coefficient (Wildman–Crippen LogP) is 7.64. The molecule has 0 unspecified atom stereocenters. The van der Waals surface area contributed by atoms with Gasteiger partial charge in [0.25, 0.3) is 0 Å². The predicted molar refractivity (Wildman–Crippen MR) is 222 cm³/mol. The number of benzene rings is 3. The molecule has 0 aliphatic carbocycles. The molecule has 2 aliphatic rings. The van der Waals surface area contributed by atoms with E-state index < -0.39 is 24.3 Å². The minimum absolute atomic E-state index is 0.112. The third-order valence-corrected chi connectivity index (χ3v) is 11.5. The second-order valence-electron chi connectivity index (χ2n) is 16.1. The van der Waals surface area contributed by atoms with Gasteiger partial charge in [-0.25, -0.2) is 19.6 Å². The smallest absolute Gasteiger partial charge is 0.407 e. The number of fused-ring (bicyclic) bond motifs is 2. The van der Waals surface area contributed by atoms with Gasteiger partial charge < -0.3 is 39.9 Å². The quantitative estimate of drug-likeness (QED) is 0.112. The van der Waals surface area contributed by atoms with Crippen LogP contribution in [0.1, 0.15) is 90.0 Å². The molecule has 4 N–H and O–H groups in total. The minimum Gasteiger partial charge on any atom is -0.453 e. The highest BCUT2D eigenvalue weighted by Gasteiger charge is 2.38. The molecule has 4 atom stereocenters. The number of hydrogen-bond donors (Lipinski definition) is 4. The maximum absolute atomic E-state index is 13.8. The molecule has 306 valence electrons. The van der Waals surface area contributed by atoms with Gasteiger partial charge in [0.15, 0.2) is 0 Å². The second kappa shape index (κ2) is 17.3. The molecule has 14 heteroatoms. The molecular weight excluding hydrogens is 737 g/mol. The molecule has 14 nitrogen and oxygen atoms in total. The lowest BCUT2D eigenvalue weighted by molar-refractivity contribution is -0.139. The van der Waals surface area contributed by atoms with Crippen molar-refractivity contribution in [1.82, 2.24) is 40.4 Å². The first-order chi connectivity index (χ1) is 27.9. The number of alkyl carbamates (subject to hydrolysis) is 2. The second-order valence-corrected chi connectivity index (χ2v) is 16.1. The molecule has 2 fully saturated rings. The summed E-state index contributed by atoms with van der Waals surface area (Å²) < 4.78 is 9.60. The Bertz CT molecular complexity index is 2120. The van der Waals surface area contributed by atoms with Crippen molar-refractivity contribution >= 4 is 46.1 Å². The molecule has 2 saturated heterocycles. The van der Waals surface area contributed by atoms with E-state index in [-0.39, 0.29) is 35.7 Å². The lowest BCUT2D eigenvalue weighted by Crippen LogP contribution is -2.53. The van der Waals surface area contributed by atoms with Crippen LogP contribution >= 0.6 is 0 Å². The van der Waals surface area contributed by atoms with Gasteiger partial charge >= 0.3 is 12.2 Å². The van der Waals surface area contributed by atoms with Gasteiger partial charge in [-0.15, -0.1) is 0 Å². The molecule has 0 spiro atoms. The first-order valence-corrected chi connectivity index (χ1v) is 20.4. The van der Waals surface area contributed by atoms with Crippen molar-refractivity contribution < 1.29 is 28.7 Å². The topological polar surface area (TPSA) is 175 Å². The van der Waals surface area contributed by atoms with Gasteiger partial charge in [-0.3, -0.25) is 9.59 Å². The van der Waals surface area contributed by atoms with E-state index in [1.54, 1.807) is 0 Å². The van der Waals surface area contributed by atoms with Gasteiger partial charge in [0.2, 0.25) is 11.8 Å². The SMILES string of the molecule is COC(=O)N[C@H](C(=O)N1CCCC[C@H]1c1nc2ccc(-c3ccc(-c4ccc5nc([C@@H]6CCCCN6C(=O)[C@@H](NC(=O)OC)C(C)C)[nH]c5c4)cc3)cc2[nH]1)C(C)C. The van der Waals surface area contributed by atoms with Gasteiger partial charge in [0.05, 0.1) is 48.4 Å². The molecule has 0 radical (unpaired) electrons. The number of carbonyl (C=O) groups is 4. The fourth-order valence-corrected chi connectivity index (χ4v) is 8.30. The largest absolute Gasteiger partial charge is 0.453 e. The Hall–Kier alpha value is -5.92. The number of rotatable bonds is 10. The summed E-state index contributed by atoms with van der Waals surface area (Å²) in [6.45, 7) is 8.83. The van der Waals surface area contributed by atoms with Crippen LogP contribution in [0.25, 0.3) is 44.3 Å². The van der Waals surface area contributed by atoms with Gasteiger partial charge in [0.1, 0.15) is 23.7 Å². The van der Waals surface area contributed by atoms with E-state index in [0.717, 1.165) is 94.5 Å². The Morgan fingerprint density at radius 3 is 1.34 bits per heavy atom. The van der Waals surface area contributed by atoms with Crippen LogP contribution in [0.4, 0.5) is 9.59 Å². The van der Waals surface area contributed by atoms with Crippen LogP contribution in [0.5, 0.6) is 0 Å². The number of piperidine rings is 2. The minimum atomic E-state index is -0.697. The third kappa shape index (κ3) is 8.37. The summed E-state index contributed by atoms with van der Waals surface area (Å²) in [5.74, 6) is 0.997. The average molecular weight is 791 g/mol. The van der Waals surface area contributed by atoms with Crippen LogP contribution in [0.3, 0.4) is 0 Å². The molecule has 4 heterocycles. The van der Waals surface area contributed by atoms with E-state index in [9.17, 15) is 19.2 Å². The molecule has 0 bridgehead atoms. The summed E-state index contributed by atoms with van der Waals surface area (Å²) in [7, 11) is 2.59. The number of carbonyl (C=O) groups excluding carboxylic acids is 4. The summed E-state index contributed by atoms with van der Waals surface area (Å²) in [6, 6.07) is 18.9. The number of ether oxygens (including phenoxy) is 2. The highest BCUT2D eigenvalue weighted by atomic mass is 16.5. The van der Waals surface area contributed by atoms with E-state index in [0.29, 0.717) is 13.1 Å². The monoisotopic (exact) mass is 790 g/mol. The number of methoxy groups -OCH3 is 2. The molecule has 5 aromatic rings. The van der Waals surface area contributed by atoms with Crippen molar-refractivity contribution in [3.05, 3.63) is 72.3 Å². The average Bonchev–Trinajstić information content (AvgIpc) is 3.88. The van der Waals surface area contributed by atoms with Crippen molar-refractivity contribution in [1.29, 1.82) is 0 Å². The summed E-state index contributed by atoms with van der Waals surface area (Å²) in [6.07, 6.45) is 4.05. The van der Waals surface area contributed by atoms with Crippen LogP contribution in [0.2, 0.25) is 0 Å². The maximum atomic E-state index is 13.8. The zero-order valence-electron chi connectivity index (χ0n) is 34.1. The number of amides is 4. The molecule has 7 rings (SSSR count). The number of aromatic amines is 2. The lowest BCUT2D eigenvalue weighted by atomic mass is 9.97. The number of nitrogens with one attached hydrogen (secondary N) is 4. The standard InChI is InChI=1S/C44H54N8O6/c1-25(2)37(49-43(55)57-5)41(53)51-21-9-7-11-35(51)39-45-31-19-17-29(23-33(31)47-39)27-13-15-28(16-14-27)30-18-20-32-34(24-30)48-40(46-32)36-12-8-10-22-52(36)42(54)38(26(3)4)50-44(56)58-6/h13-20,23-26,35-38H,7-12,21-22H2,1-6H3,(H,45,47)(H,46,48)(H,49,55)(H,50,56)/t35-,36-,37-,38-/m0/s1. The van der Waals surface area contributed by atoms with Crippen molar-refractivity contribution in [2.24, 2.45) is 11.8 Å². The summed E-state index contributed by atoms with van der Waals surface area (Å²) >= 11 is 0. The van der Waals surface area contributed by atoms with Crippen molar-refractivity contribution in [3.8, 4) is 22.3 Å². The normalized spacial score (nSPS) is 18.3. The number of nitrogens with zero attached hydrogens (tertiary/aromatic N) is 4. The number of likely N-dealkylation sites (tertiary alicyclic amines) is 2. The Morgan fingerprint density at radius 1 is 0.603 bits per heavy atom. The lowest BCUT2D eigenvalue weighted by Gasteiger charge is -2.37. The number of hydrogen-bond acceptors (Lipinski definition) is 8. The third-order valence-electron chi connectivity index (χ3n) is 11.5. The fraction of sp³-hybridized carbons (Fsp3) is 0.455. The molecule has 3 aromatic carbocycles. The van der Waals surface area contributed by atoms with Gasteiger partial charge in [-0.1, -0.05) is 64.1 Å². The van der Waals surface area contributed by atoms with Gasteiger partial charge in [-0.05, 0) is 96.9 Å². The highest BCUT2D eigenvalue weighted by Crippen LogP contribution is 2.35. The van der Waals surface area contributed by atoms with E-state index in [1.165, 1.54) is 14.2 Å². The van der Waals surface area contributed by atoms with Crippen LogP contribution in [0, 0.1) is 11.8 Å². The molecular formula is C44H54N8O6. The molecule has 4 amide bonds. The Labute approximate surface area is 338 Å². The van der Waals surface area contributed by atoms with Crippen molar-refractivity contribution in [2.75, 3.05) is 27.3 Å². The van der Waals surface area contributed by atoms with E-state index in [1.807, 2.05) is 49.6 Å². The molecule has 2 aromatic heterocycles. The van der Waals surface area contributed by atoms with E-state index >= 15 is 0 Å². The van der Waals surface area contributed by atoms with E-state index in [4.69, 9.17) is 19.4 Å². The number of imidazole rings is 2. The first kappa shape index (κ1) is 40.3. The van der Waals surface area contributed by atoms with E-state index in [2.05, 4.69) is 69.1 Å². The summed E-state index contributed by atoms with van der Waals surface area (Å²) in [4.78, 5) is 72.3. The van der Waals surface area contributed by atoms with Crippen molar-refractivity contribution in [2.45, 2.75) is 90.4 Å². The fourth-order valence-electron chi connectivity index (χ4n) is 8.30. The Morgan fingerprint density at radius 2 is 0.983 bits per heavy atom. The Kier molecular flexibility index (Phi) is 12.0. The molecule has 0 saturated carbocycles. The zero-order valence-corrected chi connectivity index (χ0v) is 34.1. The van der Waals surface area contributed by atoms with Crippen molar-refractivity contribution in [3.63, 3.8) is 0 Å². The number of H-pyrrole nitrogens is 2. The summed E-state index contributed by atoms with van der Waals surface area (Å²) in [5, 5.41) is 5.45. The van der Waals surface area contributed by atoms with Crippen LogP contribution in [-0.2, 0) is 19.1 Å².